The molecule has 4 heteroatoms. The van der Waals surface area contributed by atoms with Crippen LogP contribution >= 0.6 is 0 Å². The first-order chi connectivity index (χ1) is 7.21. The van der Waals surface area contributed by atoms with Gasteiger partial charge in [0.05, 0.1) is 24.7 Å². The summed E-state index contributed by atoms with van der Waals surface area (Å²) in [6.45, 7) is 4.37. The Bertz CT molecular complexity index is 315. The monoisotopic (exact) mass is 209 g/mol. The smallest absolute Gasteiger partial charge is 0.152 e. The summed E-state index contributed by atoms with van der Waals surface area (Å²) in [6.07, 6.45) is 4.41. The third-order valence-corrected chi connectivity index (χ3v) is 2.59. The Morgan fingerprint density at radius 3 is 2.73 bits per heavy atom. The first-order valence-electron chi connectivity index (χ1n) is 5.47. The highest BCUT2D eigenvalue weighted by molar-refractivity contribution is 5.82. The van der Waals surface area contributed by atoms with Crippen molar-refractivity contribution in [2.24, 2.45) is 5.73 Å². The maximum atomic E-state index is 11.1. The lowest BCUT2D eigenvalue weighted by Crippen LogP contribution is -2.16. The number of carbonyl (C=O) groups is 1. The van der Waals surface area contributed by atoms with Gasteiger partial charge >= 0.3 is 0 Å². The van der Waals surface area contributed by atoms with E-state index in [1.165, 1.54) is 0 Å². The Morgan fingerprint density at radius 2 is 2.20 bits per heavy atom. The maximum absolute atomic E-state index is 11.1. The van der Waals surface area contributed by atoms with Crippen LogP contribution in [0, 0.1) is 0 Å². The molecular formula is C11H19N3O. The lowest BCUT2D eigenvalue weighted by molar-refractivity contribution is -0.117. The van der Waals surface area contributed by atoms with Crippen molar-refractivity contribution < 1.29 is 4.79 Å². The molecule has 4 nitrogen and oxygen atoms in total. The minimum atomic E-state index is 0.0322. The van der Waals surface area contributed by atoms with E-state index in [0.29, 0.717) is 12.5 Å². The summed E-state index contributed by atoms with van der Waals surface area (Å²) in [5.74, 6) is 0.0322. The highest BCUT2D eigenvalue weighted by Crippen LogP contribution is 2.14. The maximum Gasteiger partial charge on any atom is 0.152 e. The predicted octanol–water partition coefficient (Wildman–Crippen LogP) is 1.31. The molecule has 0 spiro atoms. The van der Waals surface area contributed by atoms with Gasteiger partial charge in [-0.3, -0.25) is 9.48 Å². The Morgan fingerprint density at radius 1 is 1.53 bits per heavy atom. The van der Waals surface area contributed by atoms with Crippen LogP contribution in [0.5, 0.6) is 0 Å². The molecule has 84 valence electrons. The number of ketones is 1. The summed E-state index contributed by atoms with van der Waals surface area (Å²) < 4.78 is 1.94. The van der Waals surface area contributed by atoms with E-state index >= 15 is 0 Å². The van der Waals surface area contributed by atoms with E-state index < -0.39 is 0 Å². The Labute approximate surface area is 90.5 Å². The number of nitrogens with zero attached hydrogens (tertiary/aromatic N) is 2. The number of carbonyl (C=O) groups excluding carboxylic acids is 1. The minimum absolute atomic E-state index is 0.0322. The van der Waals surface area contributed by atoms with Crippen LogP contribution in [0.3, 0.4) is 0 Å². The van der Waals surface area contributed by atoms with E-state index in [1.807, 2.05) is 16.9 Å². The number of hydrogen-bond donors (Lipinski definition) is 1. The van der Waals surface area contributed by atoms with E-state index in [9.17, 15) is 4.79 Å². The Kier molecular flexibility index (Phi) is 4.49. The fraction of sp³-hybridized carbons (Fsp3) is 0.636. The van der Waals surface area contributed by atoms with Gasteiger partial charge in [0.25, 0.3) is 0 Å². The van der Waals surface area contributed by atoms with E-state index in [0.717, 1.165) is 18.5 Å². The third kappa shape index (κ3) is 3.16. The van der Waals surface area contributed by atoms with Gasteiger partial charge in [-0.25, -0.2) is 0 Å². The molecule has 1 aromatic rings. The van der Waals surface area contributed by atoms with Crippen LogP contribution in [0.15, 0.2) is 12.3 Å². The molecule has 1 heterocycles. The predicted molar refractivity (Wildman–Crippen MR) is 59.6 cm³/mol. The zero-order valence-corrected chi connectivity index (χ0v) is 9.44. The molecule has 2 N–H and O–H groups in total. The van der Waals surface area contributed by atoms with Gasteiger partial charge in [-0.05, 0) is 18.9 Å². The molecule has 0 unspecified atom stereocenters. The first kappa shape index (κ1) is 11.9. The molecule has 0 aliphatic rings. The van der Waals surface area contributed by atoms with Gasteiger partial charge in [-0.2, -0.15) is 5.10 Å². The average Bonchev–Trinajstić information content (AvgIpc) is 2.68. The van der Waals surface area contributed by atoms with Gasteiger partial charge in [0.1, 0.15) is 0 Å². The summed E-state index contributed by atoms with van der Waals surface area (Å²) in [5.41, 5.74) is 6.07. The summed E-state index contributed by atoms with van der Waals surface area (Å²) in [6, 6.07) is 2.33. The van der Waals surface area contributed by atoms with E-state index in [-0.39, 0.29) is 12.3 Å². The van der Waals surface area contributed by atoms with Crippen molar-refractivity contribution in [2.45, 2.75) is 39.2 Å². The summed E-state index contributed by atoms with van der Waals surface area (Å²) in [7, 11) is 0. The Balaban J connectivity index is 2.67. The third-order valence-electron chi connectivity index (χ3n) is 2.59. The van der Waals surface area contributed by atoms with Gasteiger partial charge in [0.15, 0.2) is 5.78 Å². The topological polar surface area (TPSA) is 60.9 Å². The molecule has 0 aliphatic carbocycles. The molecule has 1 aromatic heterocycles. The molecule has 1 rings (SSSR count). The molecule has 0 saturated heterocycles. The van der Waals surface area contributed by atoms with Crippen LogP contribution < -0.4 is 5.73 Å². The van der Waals surface area contributed by atoms with Crippen LogP contribution in [0.2, 0.25) is 0 Å². The van der Waals surface area contributed by atoms with Gasteiger partial charge < -0.3 is 5.73 Å². The number of Topliss-reactive ketones (excluding diaryl/α,β-unsaturated/α-hetero) is 1. The molecule has 0 aliphatic heterocycles. The van der Waals surface area contributed by atoms with Gasteiger partial charge in [-0.1, -0.05) is 13.8 Å². The highest BCUT2D eigenvalue weighted by Gasteiger charge is 2.09. The number of hydrogen-bond acceptors (Lipinski definition) is 3. The van der Waals surface area contributed by atoms with Crippen molar-refractivity contribution in [3.8, 4) is 0 Å². The molecule has 0 amide bonds. The van der Waals surface area contributed by atoms with Gasteiger partial charge in [0, 0.05) is 6.20 Å². The second kappa shape index (κ2) is 5.66. The largest absolute Gasteiger partial charge is 0.324 e. The lowest BCUT2D eigenvalue weighted by atomic mass is 10.2. The second-order valence-electron chi connectivity index (χ2n) is 3.68. The lowest BCUT2D eigenvalue weighted by Gasteiger charge is -2.12. The molecule has 15 heavy (non-hydrogen) atoms. The van der Waals surface area contributed by atoms with Crippen molar-refractivity contribution in [1.82, 2.24) is 9.78 Å². The summed E-state index contributed by atoms with van der Waals surface area (Å²) in [4.78, 5) is 11.1. The van der Waals surface area contributed by atoms with Crippen molar-refractivity contribution in [2.75, 3.05) is 6.54 Å². The molecule has 0 bridgehead atoms. The molecule has 0 radical (unpaired) electrons. The van der Waals surface area contributed by atoms with Crippen LogP contribution in [0.25, 0.3) is 0 Å². The zero-order valence-electron chi connectivity index (χ0n) is 9.44. The van der Waals surface area contributed by atoms with E-state index in [4.69, 9.17) is 5.73 Å². The van der Waals surface area contributed by atoms with Gasteiger partial charge in [0.2, 0.25) is 0 Å². The van der Waals surface area contributed by atoms with Crippen LogP contribution in [-0.4, -0.2) is 22.1 Å². The summed E-state index contributed by atoms with van der Waals surface area (Å²) >= 11 is 0. The highest BCUT2D eigenvalue weighted by atomic mass is 16.1. The molecule has 0 fully saturated rings. The molecule has 0 aromatic carbocycles. The molecule has 0 atom stereocenters. The van der Waals surface area contributed by atoms with Crippen LogP contribution in [0.1, 0.15) is 38.4 Å². The van der Waals surface area contributed by atoms with E-state index in [1.54, 1.807) is 0 Å². The van der Waals surface area contributed by atoms with Crippen LogP contribution in [0.4, 0.5) is 0 Å². The quantitative estimate of drug-likeness (QED) is 0.768. The fourth-order valence-corrected chi connectivity index (χ4v) is 1.61. The Hall–Kier alpha value is -1.16. The van der Waals surface area contributed by atoms with E-state index in [2.05, 4.69) is 18.9 Å². The minimum Gasteiger partial charge on any atom is -0.324 e. The number of nitrogens with two attached hydrogens (primary N) is 1. The zero-order chi connectivity index (χ0) is 11.3. The normalized spacial score (nSPS) is 10.9. The molecular weight excluding hydrogens is 190 g/mol. The first-order valence-corrected chi connectivity index (χ1v) is 5.47. The fourth-order valence-electron chi connectivity index (χ4n) is 1.61. The average molecular weight is 209 g/mol. The van der Waals surface area contributed by atoms with Crippen LogP contribution in [-0.2, 0) is 11.2 Å². The van der Waals surface area contributed by atoms with Gasteiger partial charge in [-0.15, -0.1) is 0 Å². The van der Waals surface area contributed by atoms with Crippen molar-refractivity contribution in [3.63, 3.8) is 0 Å². The molecule has 0 saturated carbocycles. The standard InChI is InChI=1S/C11H19N3O/c1-3-10(4-2)14-6-5-9(13-14)7-11(15)8-12/h5-6,10H,3-4,7-8,12H2,1-2H3. The summed E-state index contributed by atoms with van der Waals surface area (Å²) in [5, 5.41) is 4.38. The SMILES string of the molecule is CCC(CC)n1ccc(CC(=O)CN)n1. The second-order valence-corrected chi connectivity index (χ2v) is 3.68. The van der Waals surface area contributed by atoms with Crippen molar-refractivity contribution in [3.05, 3.63) is 18.0 Å². The number of aromatic nitrogens is 2. The van der Waals surface area contributed by atoms with Crippen molar-refractivity contribution >= 4 is 5.78 Å². The van der Waals surface area contributed by atoms with Crippen molar-refractivity contribution in [1.29, 1.82) is 0 Å². The number of rotatable bonds is 6.